The molecule has 2 rings (SSSR count). The van der Waals surface area contributed by atoms with Gasteiger partial charge < -0.3 is 20.1 Å². The lowest BCUT2D eigenvalue weighted by Crippen LogP contribution is -2.45. The molecule has 0 aliphatic carbocycles. The van der Waals surface area contributed by atoms with Crippen molar-refractivity contribution in [2.24, 2.45) is 0 Å². The van der Waals surface area contributed by atoms with E-state index in [1.165, 1.54) is 38.1 Å². The molecule has 2 aromatic rings. The van der Waals surface area contributed by atoms with Crippen LogP contribution < -0.4 is 24.8 Å². The predicted octanol–water partition coefficient (Wildman–Crippen LogP) is 2.99. The first kappa shape index (κ1) is 26.1. The standard InChI is InChI=1S/C23H31N3O6S/c1-6-31-21-13-8-18(14-22(21)32-7-2)15(3)24-23(28)16(4)26-33(29,30)20-11-9-19(10-12-20)25-17(5)27/h8-16,26H,6-7H2,1-5H3,(H,24,28)(H,25,27)/t15?,16-/m0/s1. The molecule has 0 bridgehead atoms. The minimum Gasteiger partial charge on any atom is -0.490 e. The van der Waals surface area contributed by atoms with Gasteiger partial charge in [-0.25, -0.2) is 8.42 Å². The molecule has 0 aliphatic rings. The Bertz CT molecular complexity index is 1070. The van der Waals surface area contributed by atoms with Crippen LogP contribution in [0, 0.1) is 0 Å². The third kappa shape index (κ3) is 7.47. The van der Waals surface area contributed by atoms with Gasteiger partial charge in [-0.3, -0.25) is 9.59 Å². The van der Waals surface area contributed by atoms with Gasteiger partial charge >= 0.3 is 0 Å². The smallest absolute Gasteiger partial charge is 0.241 e. The highest BCUT2D eigenvalue weighted by atomic mass is 32.2. The quantitative estimate of drug-likeness (QED) is 0.457. The fourth-order valence-electron chi connectivity index (χ4n) is 3.03. The number of nitrogens with one attached hydrogen (secondary N) is 3. The van der Waals surface area contributed by atoms with E-state index in [0.29, 0.717) is 30.4 Å². The SMILES string of the molecule is CCOc1ccc(C(C)NC(=O)[C@H](C)NS(=O)(=O)c2ccc(NC(C)=O)cc2)cc1OCC. The Morgan fingerprint density at radius 2 is 1.55 bits per heavy atom. The number of ether oxygens (including phenoxy) is 2. The van der Waals surface area contributed by atoms with E-state index in [-0.39, 0.29) is 10.8 Å². The van der Waals surface area contributed by atoms with Crippen LogP contribution in [0.3, 0.4) is 0 Å². The summed E-state index contributed by atoms with van der Waals surface area (Å²) in [6.45, 7) is 9.34. The Kier molecular flexibility index (Phi) is 9.24. The van der Waals surface area contributed by atoms with Crippen molar-refractivity contribution in [3.8, 4) is 11.5 Å². The van der Waals surface area contributed by atoms with Crippen LogP contribution in [0.5, 0.6) is 11.5 Å². The van der Waals surface area contributed by atoms with Crippen molar-refractivity contribution < 1.29 is 27.5 Å². The van der Waals surface area contributed by atoms with Crippen molar-refractivity contribution in [1.82, 2.24) is 10.0 Å². The van der Waals surface area contributed by atoms with Crippen LogP contribution in [0.15, 0.2) is 47.4 Å². The zero-order valence-electron chi connectivity index (χ0n) is 19.5. The number of benzene rings is 2. The van der Waals surface area contributed by atoms with Gasteiger partial charge in [0.25, 0.3) is 0 Å². The zero-order valence-corrected chi connectivity index (χ0v) is 20.3. The molecule has 0 spiro atoms. The Morgan fingerprint density at radius 1 is 0.939 bits per heavy atom. The molecule has 9 nitrogen and oxygen atoms in total. The van der Waals surface area contributed by atoms with Crippen molar-refractivity contribution in [1.29, 1.82) is 0 Å². The summed E-state index contributed by atoms with van der Waals surface area (Å²) in [7, 11) is -3.94. The summed E-state index contributed by atoms with van der Waals surface area (Å²) in [4.78, 5) is 23.7. The second-order valence-electron chi connectivity index (χ2n) is 7.35. The van der Waals surface area contributed by atoms with E-state index < -0.39 is 28.0 Å². The molecule has 0 fully saturated rings. The largest absolute Gasteiger partial charge is 0.490 e. The lowest BCUT2D eigenvalue weighted by atomic mass is 10.1. The number of sulfonamides is 1. The number of carbonyl (C=O) groups excluding carboxylic acids is 2. The fraction of sp³-hybridized carbons (Fsp3) is 0.391. The van der Waals surface area contributed by atoms with Crippen LogP contribution in [-0.4, -0.2) is 39.5 Å². The number of anilines is 1. The lowest BCUT2D eigenvalue weighted by molar-refractivity contribution is -0.123. The zero-order chi connectivity index (χ0) is 24.6. The van der Waals surface area contributed by atoms with E-state index in [1.807, 2.05) is 19.9 Å². The Morgan fingerprint density at radius 3 is 2.12 bits per heavy atom. The number of hydrogen-bond acceptors (Lipinski definition) is 6. The highest BCUT2D eigenvalue weighted by molar-refractivity contribution is 7.89. The summed E-state index contributed by atoms with van der Waals surface area (Å²) in [6, 6.07) is 9.66. The second kappa shape index (κ2) is 11.7. The first-order valence-electron chi connectivity index (χ1n) is 10.7. The molecule has 1 unspecified atom stereocenters. The van der Waals surface area contributed by atoms with E-state index in [4.69, 9.17) is 9.47 Å². The first-order chi connectivity index (χ1) is 15.6. The van der Waals surface area contributed by atoms with E-state index in [0.717, 1.165) is 5.56 Å². The molecule has 0 saturated carbocycles. The van der Waals surface area contributed by atoms with E-state index in [9.17, 15) is 18.0 Å². The molecule has 180 valence electrons. The van der Waals surface area contributed by atoms with Gasteiger partial charge in [0, 0.05) is 12.6 Å². The molecule has 2 amide bonds. The Labute approximate surface area is 194 Å². The van der Waals surface area contributed by atoms with Crippen LogP contribution in [0.1, 0.15) is 46.2 Å². The fourth-order valence-corrected chi connectivity index (χ4v) is 4.24. The molecular formula is C23H31N3O6S. The maximum absolute atomic E-state index is 12.6. The minimum atomic E-state index is -3.94. The second-order valence-corrected chi connectivity index (χ2v) is 9.06. The van der Waals surface area contributed by atoms with Crippen LogP contribution in [-0.2, 0) is 19.6 Å². The van der Waals surface area contributed by atoms with Crippen molar-refractivity contribution in [2.45, 2.75) is 51.6 Å². The van der Waals surface area contributed by atoms with Crippen LogP contribution in [0.2, 0.25) is 0 Å². The molecule has 0 radical (unpaired) electrons. The molecule has 2 aromatic carbocycles. The normalized spacial score (nSPS) is 13.0. The van der Waals surface area contributed by atoms with Gasteiger partial charge in [-0.15, -0.1) is 0 Å². The maximum Gasteiger partial charge on any atom is 0.241 e. The summed E-state index contributed by atoms with van der Waals surface area (Å²) in [5.74, 6) is 0.457. The van der Waals surface area contributed by atoms with Gasteiger partial charge in [-0.1, -0.05) is 6.07 Å². The third-order valence-electron chi connectivity index (χ3n) is 4.64. The van der Waals surface area contributed by atoms with E-state index >= 15 is 0 Å². The van der Waals surface area contributed by atoms with Gasteiger partial charge in [-0.2, -0.15) is 4.72 Å². The van der Waals surface area contributed by atoms with Crippen LogP contribution >= 0.6 is 0 Å². The van der Waals surface area contributed by atoms with Gasteiger partial charge in [0.05, 0.1) is 30.2 Å². The molecule has 0 aromatic heterocycles. The van der Waals surface area contributed by atoms with Crippen LogP contribution in [0.25, 0.3) is 0 Å². The topological polar surface area (TPSA) is 123 Å². The van der Waals surface area contributed by atoms with Gasteiger partial charge in [0.15, 0.2) is 11.5 Å². The number of carbonyl (C=O) groups is 2. The highest BCUT2D eigenvalue weighted by Gasteiger charge is 2.23. The highest BCUT2D eigenvalue weighted by Crippen LogP contribution is 2.30. The maximum atomic E-state index is 12.6. The monoisotopic (exact) mass is 477 g/mol. The average Bonchev–Trinajstić information content (AvgIpc) is 2.74. The van der Waals surface area contributed by atoms with Crippen LogP contribution in [0.4, 0.5) is 5.69 Å². The van der Waals surface area contributed by atoms with Gasteiger partial charge in [0.2, 0.25) is 21.8 Å². The average molecular weight is 478 g/mol. The van der Waals surface area contributed by atoms with Gasteiger partial charge in [-0.05, 0) is 69.7 Å². The summed E-state index contributed by atoms with van der Waals surface area (Å²) < 4.78 is 38.8. The number of hydrogen-bond donors (Lipinski definition) is 3. The Hall–Kier alpha value is -3.11. The first-order valence-corrected chi connectivity index (χ1v) is 12.2. The predicted molar refractivity (Wildman–Crippen MR) is 126 cm³/mol. The van der Waals surface area contributed by atoms with Crippen molar-refractivity contribution >= 4 is 27.5 Å². The molecular weight excluding hydrogens is 446 g/mol. The summed E-state index contributed by atoms with van der Waals surface area (Å²) >= 11 is 0. The lowest BCUT2D eigenvalue weighted by Gasteiger charge is -2.20. The summed E-state index contributed by atoms with van der Waals surface area (Å²) in [5, 5.41) is 5.38. The molecule has 10 heteroatoms. The molecule has 33 heavy (non-hydrogen) atoms. The summed E-state index contributed by atoms with van der Waals surface area (Å²) in [5.41, 5.74) is 1.27. The molecule has 0 saturated heterocycles. The van der Waals surface area contributed by atoms with Gasteiger partial charge in [0.1, 0.15) is 0 Å². The third-order valence-corrected chi connectivity index (χ3v) is 6.19. The van der Waals surface area contributed by atoms with E-state index in [2.05, 4.69) is 15.4 Å². The van der Waals surface area contributed by atoms with Crippen molar-refractivity contribution in [3.63, 3.8) is 0 Å². The van der Waals surface area contributed by atoms with E-state index in [1.54, 1.807) is 19.1 Å². The molecule has 3 N–H and O–H groups in total. The van der Waals surface area contributed by atoms with Crippen molar-refractivity contribution in [2.75, 3.05) is 18.5 Å². The summed E-state index contributed by atoms with van der Waals surface area (Å²) in [6.07, 6.45) is 0. The Balaban J connectivity index is 2.05. The van der Waals surface area contributed by atoms with Crippen molar-refractivity contribution in [3.05, 3.63) is 48.0 Å². The molecule has 2 atom stereocenters. The minimum absolute atomic E-state index is 0.0165. The number of amides is 2. The molecule has 0 aliphatic heterocycles. The molecule has 0 heterocycles. The number of rotatable bonds is 11.